The lowest BCUT2D eigenvalue weighted by Gasteiger charge is -2.25. The first kappa shape index (κ1) is 17.1. The maximum atomic E-state index is 5.27. The number of hydrogen-bond acceptors (Lipinski definition) is 1. The van der Waals surface area contributed by atoms with Crippen LogP contribution in [0.25, 0.3) is 0 Å². The Morgan fingerprint density at radius 1 is 1.21 bits per heavy atom. The van der Waals surface area contributed by atoms with Crippen LogP contribution in [0.3, 0.4) is 0 Å². The first-order valence-electron chi connectivity index (χ1n) is 6.40. The molecule has 0 fully saturated rings. The van der Waals surface area contributed by atoms with E-state index in [1.807, 2.05) is 38.3 Å². The number of likely N-dealkylation sites (N-methyl/N-ethyl adjacent to an activating group) is 1. The van der Waals surface area contributed by atoms with E-state index in [2.05, 4.69) is 44.2 Å². The van der Waals surface area contributed by atoms with Crippen molar-refractivity contribution in [3.8, 4) is 12.3 Å². The molecule has 0 atom stereocenters. The number of nitrogens with zero attached hydrogens (tertiary/aromatic N) is 1. The van der Waals surface area contributed by atoms with Crippen molar-refractivity contribution in [2.45, 2.75) is 27.7 Å². The van der Waals surface area contributed by atoms with Gasteiger partial charge in [-0.2, -0.15) is 0 Å². The van der Waals surface area contributed by atoms with Gasteiger partial charge in [0.15, 0.2) is 0 Å². The highest BCUT2D eigenvalue weighted by molar-refractivity contribution is 5.32. The van der Waals surface area contributed by atoms with Gasteiger partial charge < -0.3 is 4.90 Å². The Labute approximate surface area is 118 Å². The summed E-state index contributed by atoms with van der Waals surface area (Å²) in [6, 6.07) is 0. The zero-order valence-electron chi connectivity index (χ0n) is 12.8. The molecule has 0 radical (unpaired) electrons. The Morgan fingerprint density at radius 2 is 1.84 bits per heavy atom. The fourth-order valence-corrected chi connectivity index (χ4v) is 1.55. The third-order valence-corrected chi connectivity index (χ3v) is 2.40. The summed E-state index contributed by atoms with van der Waals surface area (Å²) in [6.45, 7) is 12.2. The molecule has 0 aliphatic carbocycles. The minimum atomic E-state index is 0.101. The van der Waals surface area contributed by atoms with Crippen LogP contribution in [0.15, 0.2) is 60.5 Å². The van der Waals surface area contributed by atoms with Crippen molar-refractivity contribution in [2.24, 2.45) is 5.41 Å². The first-order chi connectivity index (χ1) is 8.85. The summed E-state index contributed by atoms with van der Waals surface area (Å²) in [6.07, 6.45) is 18.9. The van der Waals surface area contributed by atoms with Crippen LogP contribution < -0.4 is 0 Å². The van der Waals surface area contributed by atoms with E-state index in [-0.39, 0.29) is 5.41 Å². The molecule has 0 unspecified atom stereocenters. The molecule has 0 amide bonds. The number of allylic oxidation sites excluding steroid dienone is 7. The number of terminal acetylenes is 1. The van der Waals surface area contributed by atoms with Gasteiger partial charge in [0, 0.05) is 18.4 Å². The highest BCUT2D eigenvalue weighted by atomic mass is 15.1. The molecule has 0 aromatic carbocycles. The van der Waals surface area contributed by atoms with Gasteiger partial charge in [-0.25, -0.2) is 0 Å². The average Bonchev–Trinajstić information content (AvgIpc) is 2.33. The third-order valence-electron chi connectivity index (χ3n) is 2.40. The first-order valence-corrected chi connectivity index (χ1v) is 6.40. The summed E-state index contributed by atoms with van der Waals surface area (Å²) < 4.78 is 0. The van der Waals surface area contributed by atoms with Crippen LogP contribution in [-0.2, 0) is 0 Å². The molecular formula is C18H25N. The summed E-state index contributed by atoms with van der Waals surface area (Å²) in [4.78, 5) is 2.11. The predicted octanol–water partition coefficient (Wildman–Crippen LogP) is 4.68. The van der Waals surface area contributed by atoms with Gasteiger partial charge in [0.25, 0.3) is 0 Å². The Morgan fingerprint density at radius 3 is 2.26 bits per heavy atom. The molecule has 0 saturated carbocycles. The minimum absolute atomic E-state index is 0.101. The van der Waals surface area contributed by atoms with Crippen molar-refractivity contribution in [1.82, 2.24) is 4.90 Å². The summed E-state index contributed by atoms with van der Waals surface area (Å²) >= 11 is 0. The van der Waals surface area contributed by atoms with E-state index in [4.69, 9.17) is 6.42 Å². The minimum Gasteiger partial charge on any atom is -0.345 e. The van der Waals surface area contributed by atoms with Crippen molar-refractivity contribution in [1.29, 1.82) is 0 Å². The lowest BCUT2D eigenvalue weighted by Crippen LogP contribution is -2.17. The van der Waals surface area contributed by atoms with E-state index in [1.165, 1.54) is 0 Å². The van der Waals surface area contributed by atoms with Crippen molar-refractivity contribution < 1.29 is 0 Å². The normalized spacial score (nSPS) is 13.9. The van der Waals surface area contributed by atoms with Crippen LogP contribution >= 0.6 is 0 Å². The maximum absolute atomic E-state index is 5.27. The monoisotopic (exact) mass is 255 g/mol. The van der Waals surface area contributed by atoms with Gasteiger partial charge >= 0.3 is 0 Å². The van der Waals surface area contributed by atoms with E-state index >= 15 is 0 Å². The molecule has 0 saturated heterocycles. The lowest BCUT2D eigenvalue weighted by atomic mass is 9.95. The van der Waals surface area contributed by atoms with E-state index in [1.54, 1.807) is 12.2 Å². The van der Waals surface area contributed by atoms with Crippen molar-refractivity contribution in [3.63, 3.8) is 0 Å². The molecule has 1 heteroatoms. The fourth-order valence-electron chi connectivity index (χ4n) is 1.55. The molecule has 1 nitrogen and oxygen atoms in total. The molecule has 0 spiro atoms. The smallest absolute Gasteiger partial charge is 0.0372 e. The molecule has 19 heavy (non-hydrogen) atoms. The van der Waals surface area contributed by atoms with Crippen LogP contribution in [-0.4, -0.2) is 11.9 Å². The van der Waals surface area contributed by atoms with Crippen LogP contribution in [0.2, 0.25) is 0 Å². The highest BCUT2D eigenvalue weighted by Gasteiger charge is 2.11. The van der Waals surface area contributed by atoms with Crippen LogP contribution in [0, 0.1) is 17.8 Å². The molecule has 102 valence electrons. The molecule has 0 aromatic heterocycles. The van der Waals surface area contributed by atoms with Crippen molar-refractivity contribution >= 4 is 0 Å². The molecule has 0 heterocycles. The van der Waals surface area contributed by atoms with Gasteiger partial charge in [-0.05, 0) is 30.6 Å². The predicted molar refractivity (Wildman–Crippen MR) is 86.4 cm³/mol. The number of hydrogen-bond donors (Lipinski definition) is 0. The second-order valence-corrected chi connectivity index (χ2v) is 5.30. The average molecular weight is 255 g/mol. The van der Waals surface area contributed by atoms with Gasteiger partial charge in [-0.3, -0.25) is 0 Å². The summed E-state index contributed by atoms with van der Waals surface area (Å²) in [5.41, 5.74) is 2.27. The lowest BCUT2D eigenvalue weighted by molar-refractivity contribution is 0.496. The highest BCUT2D eigenvalue weighted by Crippen LogP contribution is 2.22. The zero-order valence-corrected chi connectivity index (χ0v) is 12.8. The Bertz CT molecular complexity index is 445. The van der Waals surface area contributed by atoms with Gasteiger partial charge in [0.2, 0.25) is 0 Å². The standard InChI is InChI=1S/C18H25N/c1-8-11-13-16(10-3)19(7)17(14-12-9-2)15-18(4,5)6/h1,9-15H,2H2,3-7H3/b13-11-,14-12-,16-10+,17-15-. The summed E-state index contributed by atoms with van der Waals surface area (Å²) in [5.74, 6) is 2.52. The van der Waals surface area contributed by atoms with Gasteiger partial charge in [0.1, 0.15) is 0 Å². The molecule has 0 aromatic rings. The topological polar surface area (TPSA) is 3.24 Å². The largest absolute Gasteiger partial charge is 0.345 e. The fraction of sp³-hybridized carbons (Fsp3) is 0.333. The molecular weight excluding hydrogens is 230 g/mol. The summed E-state index contributed by atoms with van der Waals surface area (Å²) in [5, 5.41) is 0. The Kier molecular flexibility index (Phi) is 7.37. The molecule has 0 aliphatic heterocycles. The third kappa shape index (κ3) is 7.16. The SMILES string of the molecule is C#C/C=C\C(=C/C)N(C)C(/C=C\C=C)=C\C(C)(C)C. The van der Waals surface area contributed by atoms with Gasteiger partial charge in [-0.15, -0.1) is 6.42 Å². The Hall–Kier alpha value is -1.94. The Balaban J connectivity index is 5.45. The van der Waals surface area contributed by atoms with E-state index in [9.17, 15) is 0 Å². The zero-order chi connectivity index (χ0) is 14.9. The van der Waals surface area contributed by atoms with Gasteiger partial charge in [-0.1, -0.05) is 57.6 Å². The molecule has 0 bridgehead atoms. The van der Waals surface area contributed by atoms with Crippen LogP contribution in [0.1, 0.15) is 27.7 Å². The van der Waals surface area contributed by atoms with E-state index in [0.29, 0.717) is 0 Å². The van der Waals surface area contributed by atoms with E-state index in [0.717, 1.165) is 11.4 Å². The van der Waals surface area contributed by atoms with Crippen LogP contribution in [0.4, 0.5) is 0 Å². The van der Waals surface area contributed by atoms with Crippen LogP contribution in [0.5, 0.6) is 0 Å². The quantitative estimate of drug-likeness (QED) is 0.509. The molecule has 0 aliphatic rings. The van der Waals surface area contributed by atoms with E-state index < -0.39 is 0 Å². The maximum Gasteiger partial charge on any atom is 0.0372 e. The summed E-state index contributed by atoms with van der Waals surface area (Å²) in [7, 11) is 2.03. The molecule has 0 rings (SSSR count). The van der Waals surface area contributed by atoms with Crippen molar-refractivity contribution in [3.05, 3.63) is 60.5 Å². The van der Waals surface area contributed by atoms with Gasteiger partial charge in [0.05, 0.1) is 0 Å². The molecule has 0 N–H and O–H groups in total. The second-order valence-electron chi connectivity index (χ2n) is 5.30. The number of rotatable bonds is 5. The second kappa shape index (κ2) is 8.21. The van der Waals surface area contributed by atoms with Crippen molar-refractivity contribution in [2.75, 3.05) is 7.05 Å².